The Morgan fingerprint density at radius 3 is 2.58 bits per heavy atom. The topological polar surface area (TPSA) is 54.4 Å². The Morgan fingerprint density at radius 1 is 1.58 bits per heavy atom. The normalized spacial score (nSPS) is 28.5. The van der Waals surface area contributed by atoms with Gasteiger partial charge < -0.3 is 5.11 Å². The minimum absolute atomic E-state index is 0.00301. The van der Waals surface area contributed by atoms with E-state index in [9.17, 15) is 9.59 Å². The summed E-state index contributed by atoms with van der Waals surface area (Å²) in [5.41, 5.74) is 0.00301. The van der Waals surface area contributed by atoms with Crippen molar-refractivity contribution >= 4 is 11.8 Å². The quantitative estimate of drug-likeness (QED) is 0.606. The maximum atomic E-state index is 11.3. The second-order valence-electron chi connectivity index (χ2n) is 4.24. The van der Waals surface area contributed by atoms with Crippen LogP contribution in [0.2, 0.25) is 0 Å². The molecule has 1 aliphatic rings. The first-order valence-electron chi connectivity index (χ1n) is 4.18. The number of Topliss-reactive ketones (excluding diaryl/α,β-unsaturated/α-hetero) is 1. The molecule has 0 radical (unpaired) electrons. The number of carboxylic acids is 1. The van der Waals surface area contributed by atoms with Crippen LogP contribution >= 0.6 is 0 Å². The Morgan fingerprint density at radius 2 is 2.17 bits per heavy atom. The standard InChI is InChI=1S/C9H14O3/c1-9(2)4-3-6(8(11)12)7(10)5-9/h6H,3-5H2,1-2H3,(H,11,12). The van der Waals surface area contributed by atoms with E-state index in [1.807, 2.05) is 13.8 Å². The zero-order chi connectivity index (χ0) is 9.35. The number of carboxylic acid groups (broad SMARTS) is 1. The van der Waals surface area contributed by atoms with Crippen LogP contribution in [0.4, 0.5) is 0 Å². The van der Waals surface area contributed by atoms with Gasteiger partial charge in [0.25, 0.3) is 0 Å². The van der Waals surface area contributed by atoms with Crippen LogP contribution in [0.1, 0.15) is 33.1 Å². The van der Waals surface area contributed by atoms with Gasteiger partial charge >= 0.3 is 5.97 Å². The molecule has 0 bridgehead atoms. The van der Waals surface area contributed by atoms with E-state index >= 15 is 0 Å². The van der Waals surface area contributed by atoms with Gasteiger partial charge in [-0.1, -0.05) is 13.8 Å². The highest BCUT2D eigenvalue weighted by molar-refractivity contribution is 5.98. The fraction of sp³-hybridized carbons (Fsp3) is 0.778. The van der Waals surface area contributed by atoms with E-state index in [0.29, 0.717) is 12.8 Å². The van der Waals surface area contributed by atoms with Gasteiger partial charge in [0.05, 0.1) is 0 Å². The third-order valence-corrected chi connectivity index (χ3v) is 2.45. The molecule has 3 heteroatoms. The molecular weight excluding hydrogens is 156 g/mol. The maximum absolute atomic E-state index is 11.3. The first kappa shape index (κ1) is 9.23. The average Bonchev–Trinajstić information content (AvgIpc) is 1.83. The van der Waals surface area contributed by atoms with Crippen molar-refractivity contribution in [1.29, 1.82) is 0 Å². The second-order valence-corrected chi connectivity index (χ2v) is 4.24. The zero-order valence-corrected chi connectivity index (χ0v) is 7.46. The van der Waals surface area contributed by atoms with Crippen molar-refractivity contribution in [2.24, 2.45) is 11.3 Å². The van der Waals surface area contributed by atoms with Gasteiger partial charge in [-0.05, 0) is 18.3 Å². The van der Waals surface area contributed by atoms with E-state index in [1.165, 1.54) is 0 Å². The van der Waals surface area contributed by atoms with Gasteiger partial charge in [-0.3, -0.25) is 9.59 Å². The predicted octanol–water partition coefficient (Wildman–Crippen LogP) is 1.47. The molecule has 1 N–H and O–H groups in total. The number of rotatable bonds is 1. The highest BCUT2D eigenvalue weighted by atomic mass is 16.4. The summed E-state index contributed by atoms with van der Waals surface area (Å²) >= 11 is 0. The molecule has 1 fully saturated rings. The average molecular weight is 170 g/mol. The van der Waals surface area contributed by atoms with Crippen LogP contribution in [0.25, 0.3) is 0 Å². The van der Waals surface area contributed by atoms with E-state index in [2.05, 4.69) is 0 Å². The number of aliphatic carboxylic acids is 1. The molecule has 0 amide bonds. The van der Waals surface area contributed by atoms with Crippen molar-refractivity contribution < 1.29 is 14.7 Å². The predicted molar refractivity (Wildman–Crippen MR) is 43.8 cm³/mol. The van der Waals surface area contributed by atoms with Crippen LogP contribution in [0.5, 0.6) is 0 Å². The summed E-state index contributed by atoms with van der Waals surface area (Å²) in [7, 11) is 0. The van der Waals surface area contributed by atoms with Crippen molar-refractivity contribution in [3.63, 3.8) is 0 Å². The van der Waals surface area contributed by atoms with Crippen LogP contribution < -0.4 is 0 Å². The van der Waals surface area contributed by atoms with Crippen LogP contribution in [0.3, 0.4) is 0 Å². The van der Waals surface area contributed by atoms with Crippen molar-refractivity contribution in [3.8, 4) is 0 Å². The third-order valence-electron chi connectivity index (χ3n) is 2.45. The molecule has 0 aliphatic heterocycles. The lowest BCUT2D eigenvalue weighted by Gasteiger charge is -2.31. The highest BCUT2D eigenvalue weighted by Gasteiger charge is 2.36. The molecule has 12 heavy (non-hydrogen) atoms. The molecule has 1 unspecified atom stereocenters. The highest BCUT2D eigenvalue weighted by Crippen LogP contribution is 2.35. The molecular formula is C9H14O3. The summed E-state index contributed by atoms with van der Waals surface area (Å²) in [5, 5.41) is 8.66. The monoisotopic (exact) mass is 170 g/mol. The fourth-order valence-corrected chi connectivity index (χ4v) is 1.64. The Hall–Kier alpha value is -0.860. The lowest BCUT2D eigenvalue weighted by molar-refractivity contribution is -0.149. The molecule has 1 rings (SSSR count). The minimum atomic E-state index is -0.962. The van der Waals surface area contributed by atoms with Gasteiger partial charge in [0.15, 0.2) is 0 Å². The van der Waals surface area contributed by atoms with Gasteiger partial charge in [-0.15, -0.1) is 0 Å². The van der Waals surface area contributed by atoms with Crippen molar-refractivity contribution in [3.05, 3.63) is 0 Å². The number of hydrogen-bond acceptors (Lipinski definition) is 2. The van der Waals surface area contributed by atoms with E-state index in [4.69, 9.17) is 5.11 Å². The van der Waals surface area contributed by atoms with Crippen molar-refractivity contribution in [2.75, 3.05) is 0 Å². The number of carbonyl (C=O) groups excluding carboxylic acids is 1. The zero-order valence-electron chi connectivity index (χ0n) is 7.46. The number of carbonyl (C=O) groups is 2. The lowest BCUT2D eigenvalue weighted by atomic mass is 9.72. The van der Waals surface area contributed by atoms with Crippen LogP contribution in [0.15, 0.2) is 0 Å². The van der Waals surface area contributed by atoms with Crippen LogP contribution in [-0.4, -0.2) is 16.9 Å². The van der Waals surface area contributed by atoms with Crippen molar-refractivity contribution in [2.45, 2.75) is 33.1 Å². The second kappa shape index (κ2) is 2.88. The SMILES string of the molecule is CC1(C)CCC(C(=O)O)C(=O)C1. The summed E-state index contributed by atoms with van der Waals surface area (Å²) in [6, 6.07) is 0. The smallest absolute Gasteiger partial charge is 0.314 e. The Balaban J connectivity index is 2.66. The molecule has 1 saturated carbocycles. The van der Waals surface area contributed by atoms with Crippen molar-refractivity contribution in [1.82, 2.24) is 0 Å². The van der Waals surface area contributed by atoms with Gasteiger partial charge in [-0.25, -0.2) is 0 Å². The van der Waals surface area contributed by atoms with E-state index in [1.54, 1.807) is 0 Å². The third kappa shape index (κ3) is 1.84. The fourth-order valence-electron chi connectivity index (χ4n) is 1.64. The molecule has 0 saturated heterocycles. The number of hydrogen-bond donors (Lipinski definition) is 1. The van der Waals surface area contributed by atoms with Gasteiger partial charge in [0.2, 0.25) is 0 Å². The molecule has 1 aliphatic carbocycles. The molecule has 1 atom stereocenters. The molecule has 3 nitrogen and oxygen atoms in total. The largest absolute Gasteiger partial charge is 0.481 e. The first-order valence-corrected chi connectivity index (χ1v) is 4.18. The van der Waals surface area contributed by atoms with Gasteiger partial charge in [0, 0.05) is 6.42 Å². The van der Waals surface area contributed by atoms with E-state index < -0.39 is 11.9 Å². The Kier molecular flexibility index (Phi) is 2.22. The Labute approximate surface area is 71.8 Å². The molecule has 0 aromatic carbocycles. The summed E-state index contributed by atoms with van der Waals surface area (Å²) in [5.74, 6) is -1.81. The maximum Gasteiger partial charge on any atom is 0.314 e. The minimum Gasteiger partial charge on any atom is -0.481 e. The van der Waals surface area contributed by atoms with Gasteiger partial charge in [0.1, 0.15) is 11.7 Å². The molecule has 0 aromatic rings. The first-order chi connectivity index (χ1) is 5.42. The molecule has 0 aromatic heterocycles. The van der Waals surface area contributed by atoms with Crippen LogP contribution in [-0.2, 0) is 9.59 Å². The summed E-state index contributed by atoms with van der Waals surface area (Å²) in [6.07, 6.45) is 1.74. The van der Waals surface area contributed by atoms with Crippen LogP contribution in [0, 0.1) is 11.3 Å². The number of ketones is 1. The molecule has 0 heterocycles. The summed E-state index contributed by atoms with van der Waals surface area (Å²) in [6.45, 7) is 4.01. The van der Waals surface area contributed by atoms with E-state index in [0.717, 1.165) is 6.42 Å². The van der Waals surface area contributed by atoms with E-state index in [-0.39, 0.29) is 11.2 Å². The molecule has 0 spiro atoms. The summed E-state index contributed by atoms with van der Waals surface area (Å²) < 4.78 is 0. The summed E-state index contributed by atoms with van der Waals surface area (Å²) in [4.78, 5) is 21.8. The van der Waals surface area contributed by atoms with Gasteiger partial charge in [-0.2, -0.15) is 0 Å². The molecule has 68 valence electrons. The Bertz CT molecular complexity index is 218. The lowest BCUT2D eigenvalue weighted by Crippen LogP contribution is -2.34.